The Hall–Kier alpha value is -3.02. The molecular formula is C21H25N3O3. The topological polar surface area (TPSA) is 67.2 Å². The van der Waals surface area contributed by atoms with Crippen molar-refractivity contribution in [2.45, 2.75) is 39.8 Å². The first kappa shape index (κ1) is 18.8. The molecule has 2 heterocycles. The first-order valence-electron chi connectivity index (χ1n) is 8.93. The highest BCUT2D eigenvalue weighted by Crippen LogP contribution is 2.34. The van der Waals surface area contributed by atoms with Crippen molar-refractivity contribution in [3.05, 3.63) is 59.3 Å². The zero-order chi connectivity index (χ0) is 19.6. The van der Waals surface area contributed by atoms with Crippen LogP contribution in [0.4, 0.5) is 0 Å². The highest BCUT2D eigenvalue weighted by atomic mass is 16.5. The summed E-state index contributed by atoms with van der Waals surface area (Å²) in [6.07, 6.45) is 4.17. The molecule has 0 saturated heterocycles. The minimum absolute atomic E-state index is 0.106. The third-order valence-corrected chi connectivity index (χ3v) is 4.65. The Bertz CT molecular complexity index is 880. The lowest BCUT2D eigenvalue weighted by Crippen LogP contribution is -2.40. The number of aromatic nitrogens is 1. The average molecular weight is 367 g/mol. The van der Waals surface area contributed by atoms with Crippen LogP contribution in [0.1, 0.15) is 30.7 Å². The summed E-state index contributed by atoms with van der Waals surface area (Å²) in [6.45, 7) is 7.98. The standard InChI is InChI=1S/C21H25N3O3/c1-13-6-11-18(19(12-13)26-5)27-21-17(10-7-14(2)22-21)20(23-25)24-15(3)8-9-16(24)4/h6-12,15-16,25H,1-5H3/b23-20-. The Morgan fingerprint density at radius 1 is 1.07 bits per heavy atom. The Kier molecular flexibility index (Phi) is 5.35. The number of pyridine rings is 1. The SMILES string of the molecule is COc1cc(C)ccc1Oc1nc(C)ccc1/C(=N/O)N1C(C)C=CC1C. The number of methoxy groups -OCH3 is 1. The van der Waals surface area contributed by atoms with Gasteiger partial charge in [0, 0.05) is 17.8 Å². The summed E-state index contributed by atoms with van der Waals surface area (Å²) in [7, 11) is 1.60. The number of hydrogen-bond acceptors (Lipinski definition) is 5. The van der Waals surface area contributed by atoms with Crippen LogP contribution in [0.15, 0.2) is 47.6 Å². The zero-order valence-electron chi connectivity index (χ0n) is 16.3. The molecule has 2 aromatic rings. The predicted octanol–water partition coefficient (Wildman–Crippen LogP) is 4.28. The van der Waals surface area contributed by atoms with Gasteiger partial charge in [0.25, 0.3) is 0 Å². The van der Waals surface area contributed by atoms with Crippen LogP contribution < -0.4 is 9.47 Å². The van der Waals surface area contributed by atoms with E-state index in [1.165, 1.54) is 0 Å². The van der Waals surface area contributed by atoms with E-state index in [1.54, 1.807) is 7.11 Å². The fourth-order valence-corrected chi connectivity index (χ4v) is 3.25. The molecule has 1 aliphatic heterocycles. The number of ether oxygens (including phenoxy) is 2. The summed E-state index contributed by atoms with van der Waals surface area (Å²) in [6, 6.07) is 9.65. The largest absolute Gasteiger partial charge is 0.493 e. The molecule has 1 aliphatic rings. The molecule has 0 bridgehead atoms. The van der Waals surface area contributed by atoms with Crippen LogP contribution in [0.25, 0.3) is 0 Å². The first-order valence-corrected chi connectivity index (χ1v) is 8.93. The molecule has 0 saturated carbocycles. The van der Waals surface area contributed by atoms with Crippen LogP contribution in [-0.2, 0) is 0 Å². The van der Waals surface area contributed by atoms with Crippen molar-refractivity contribution in [1.82, 2.24) is 9.88 Å². The number of hydrogen-bond donors (Lipinski definition) is 1. The first-order chi connectivity index (χ1) is 12.9. The zero-order valence-corrected chi connectivity index (χ0v) is 16.3. The van der Waals surface area contributed by atoms with Crippen LogP contribution in [0, 0.1) is 13.8 Å². The van der Waals surface area contributed by atoms with E-state index in [0.29, 0.717) is 28.8 Å². The third kappa shape index (κ3) is 3.74. The van der Waals surface area contributed by atoms with Gasteiger partial charge in [-0.2, -0.15) is 0 Å². The van der Waals surface area contributed by atoms with Crippen molar-refractivity contribution in [2.24, 2.45) is 5.16 Å². The summed E-state index contributed by atoms with van der Waals surface area (Å²) >= 11 is 0. The van der Waals surface area contributed by atoms with Gasteiger partial charge in [-0.05, 0) is 57.5 Å². The quantitative estimate of drug-likeness (QED) is 0.287. The molecule has 1 N–H and O–H groups in total. The molecule has 1 aromatic heterocycles. The lowest BCUT2D eigenvalue weighted by molar-refractivity contribution is 0.288. The Morgan fingerprint density at radius 2 is 1.78 bits per heavy atom. The number of benzene rings is 1. The Labute approximate surface area is 159 Å². The van der Waals surface area contributed by atoms with Gasteiger partial charge in [0.1, 0.15) is 0 Å². The van der Waals surface area contributed by atoms with Gasteiger partial charge in [0.05, 0.1) is 12.7 Å². The van der Waals surface area contributed by atoms with E-state index in [9.17, 15) is 5.21 Å². The monoisotopic (exact) mass is 367 g/mol. The number of rotatable bonds is 4. The molecule has 2 unspecified atom stereocenters. The second-order valence-corrected chi connectivity index (χ2v) is 6.76. The lowest BCUT2D eigenvalue weighted by Gasteiger charge is -2.29. The fourth-order valence-electron chi connectivity index (χ4n) is 3.25. The Balaban J connectivity index is 2.03. The minimum Gasteiger partial charge on any atom is -0.493 e. The maximum absolute atomic E-state index is 9.78. The number of nitrogens with zero attached hydrogens (tertiary/aromatic N) is 3. The van der Waals surface area contributed by atoms with Gasteiger partial charge in [0.2, 0.25) is 5.88 Å². The van der Waals surface area contributed by atoms with Gasteiger partial charge in [-0.25, -0.2) is 4.98 Å². The molecular weight excluding hydrogens is 342 g/mol. The third-order valence-electron chi connectivity index (χ3n) is 4.65. The summed E-state index contributed by atoms with van der Waals surface area (Å²) in [4.78, 5) is 6.56. The molecule has 6 heteroatoms. The van der Waals surface area contributed by atoms with Crippen LogP contribution in [0.5, 0.6) is 17.4 Å². The van der Waals surface area contributed by atoms with Crippen molar-refractivity contribution in [3.8, 4) is 17.4 Å². The highest BCUT2D eigenvalue weighted by Gasteiger charge is 2.29. The molecule has 1 aromatic carbocycles. The van der Waals surface area contributed by atoms with Crippen LogP contribution in [0.3, 0.4) is 0 Å². The summed E-state index contributed by atoms with van der Waals surface area (Å²) < 4.78 is 11.5. The van der Waals surface area contributed by atoms with Crippen LogP contribution >= 0.6 is 0 Å². The minimum atomic E-state index is 0.106. The number of aryl methyl sites for hydroxylation is 2. The van der Waals surface area contributed by atoms with Gasteiger partial charge in [-0.3, -0.25) is 0 Å². The second kappa shape index (κ2) is 7.70. The number of oxime groups is 1. The van der Waals surface area contributed by atoms with Crippen molar-refractivity contribution in [1.29, 1.82) is 0 Å². The van der Waals surface area contributed by atoms with E-state index < -0.39 is 0 Å². The van der Waals surface area contributed by atoms with E-state index in [1.807, 2.05) is 49.1 Å². The van der Waals surface area contributed by atoms with E-state index in [0.717, 1.165) is 11.3 Å². The molecule has 2 atom stereocenters. The molecule has 0 aliphatic carbocycles. The van der Waals surface area contributed by atoms with Gasteiger partial charge in [-0.15, -0.1) is 0 Å². The van der Waals surface area contributed by atoms with Gasteiger partial charge < -0.3 is 19.6 Å². The molecule has 0 fully saturated rings. The van der Waals surface area contributed by atoms with Crippen molar-refractivity contribution < 1.29 is 14.7 Å². The molecule has 0 spiro atoms. The predicted molar refractivity (Wildman–Crippen MR) is 105 cm³/mol. The van der Waals surface area contributed by atoms with Crippen molar-refractivity contribution in [3.63, 3.8) is 0 Å². The average Bonchev–Trinajstić information content (AvgIpc) is 2.98. The number of amidine groups is 1. The normalized spacial score (nSPS) is 19.4. The molecule has 0 radical (unpaired) electrons. The highest BCUT2D eigenvalue weighted by molar-refractivity contribution is 6.01. The van der Waals surface area contributed by atoms with Crippen molar-refractivity contribution in [2.75, 3.05) is 7.11 Å². The smallest absolute Gasteiger partial charge is 0.230 e. The summed E-state index contributed by atoms with van der Waals surface area (Å²) in [5.74, 6) is 1.97. The summed E-state index contributed by atoms with van der Waals surface area (Å²) in [5.41, 5.74) is 2.49. The molecule has 27 heavy (non-hydrogen) atoms. The van der Waals surface area contributed by atoms with Gasteiger partial charge in [-0.1, -0.05) is 23.4 Å². The summed E-state index contributed by atoms with van der Waals surface area (Å²) in [5, 5.41) is 13.4. The second-order valence-electron chi connectivity index (χ2n) is 6.76. The lowest BCUT2D eigenvalue weighted by atomic mass is 10.1. The van der Waals surface area contributed by atoms with Gasteiger partial charge >= 0.3 is 0 Å². The van der Waals surface area contributed by atoms with Crippen molar-refractivity contribution >= 4 is 5.84 Å². The maximum atomic E-state index is 9.78. The van der Waals surface area contributed by atoms with E-state index in [2.05, 4.69) is 36.1 Å². The van der Waals surface area contributed by atoms with Crippen LogP contribution in [-0.4, -0.2) is 40.1 Å². The molecule has 142 valence electrons. The molecule has 0 amide bonds. The molecule has 3 rings (SSSR count). The van der Waals surface area contributed by atoms with Gasteiger partial charge in [0.15, 0.2) is 17.3 Å². The van der Waals surface area contributed by atoms with E-state index in [4.69, 9.17) is 9.47 Å². The van der Waals surface area contributed by atoms with E-state index in [-0.39, 0.29) is 12.1 Å². The maximum Gasteiger partial charge on any atom is 0.230 e. The molecule has 6 nitrogen and oxygen atoms in total. The Morgan fingerprint density at radius 3 is 2.41 bits per heavy atom. The fraction of sp³-hybridized carbons (Fsp3) is 0.333. The van der Waals surface area contributed by atoms with E-state index >= 15 is 0 Å². The van der Waals surface area contributed by atoms with Crippen LogP contribution in [0.2, 0.25) is 0 Å².